The van der Waals surface area contributed by atoms with Crippen LogP contribution in [-0.2, 0) is 0 Å². The lowest BCUT2D eigenvalue weighted by molar-refractivity contribution is 0.356. The van der Waals surface area contributed by atoms with Crippen LogP contribution in [0, 0.1) is 11.8 Å². The van der Waals surface area contributed by atoms with E-state index in [-0.39, 0.29) is 6.04 Å². The van der Waals surface area contributed by atoms with E-state index in [4.69, 9.17) is 25.9 Å². The van der Waals surface area contributed by atoms with Crippen molar-refractivity contribution < 1.29 is 9.47 Å². The molecule has 1 aliphatic carbocycles. The van der Waals surface area contributed by atoms with E-state index in [2.05, 4.69) is 9.88 Å². The van der Waals surface area contributed by atoms with E-state index < -0.39 is 0 Å². The Bertz CT molecular complexity index is 777. The molecule has 7 nitrogen and oxygen atoms in total. The third-order valence-corrected chi connectivity index (χ3v) is 5.14. The first kappa shape index (κ1) is 15.3. The number of aromatic nitrogens is 2. The lowest BCUT2D eigenvalue weighted by atomic mass is 9.99. The van der Waals surface area contributed by atoms with Gasteiger partial charge in [-0.3, -0.25) is 0 Å². The maximum Gasteiger partial charge on any atom is 0.227 e. The fraction of sp³-hybridized carbons (Fsp3) is 0.529. The van der Waals surface area contributed by atoms with Crippen molar-refractivity contribution in [1.82, 2.24) is 9.97 Å². The van der Waals surface area contributed by atoms with Gasteiger partial charge in [-0.2, -0.15) is 4.98 Å². The van der Waals surface area contributed by atoms with Crippen LogP contribution < -0.4 is 25.8 Å². The van der Waals surface area contributed by atoms with Crippen LogP contribution in [0.4, 0.5) is 11.8 Å². The van der Waals surface area contributed by atoms with Gasteiger partial charge < -0.3 is 25.8 Å². The summed E-state index contributed by atoms with van der Waals surface area (Å²) in [6, 6.07) is 3.84. The van der Waals surface area contributed by atoms with Crippen LogP contribution in [0.5, 0.6) is 11.5 Å². The highest BCUT2D eigenvalue weighted by atomic mass is 16.5. The van der Waals surface area contributed by atoms with Crippen LogP contribution >= 0.6 is 0 Å². The van der Waals surface area contributed by atoms with Crippen molar-refractivity contribution in [3.05, 3.63) is 12.1 Å². The van der Waals surface area contributed by atoms with E-state index in [1.165, 1.54) is 12.8 Å². The molecule has 0 spiro atoms. The zero-order valence-electron chi connectivity index (χ0n) is 14.0. The summed E-state index contributed by atoms with van der Waals surface area (Å²) < 4.78 is 10.7. The molecule has 2 heterocycles. The third-order valence-electron chi connectivity index (χ3n) is 5.14. The predicted molar refractivity (Wildman–Crippen MR) is 93.5 cm³/mol. The van der Waals surface area contributed by atoms with Crippen LogP contribution in [0.3, 0.4) is 0 Å². The minimum Gasteiger partial charge on any atom is -0.493 e. The van der Waals surface area contributed by atoms with E-state index in [9.17, 15) is 0 Å². The largest absolute Gasteiger partial charge is 0.493 e. The van der Waals surface area contributed by atoms with Crippen LogP contribution in [0.1, 0.15) is 12.8 Å². The Hall–Kier alpha value is -2.28. The lowest BCUT2D eigenvalue weighted by Crippen LogP contribution is -2.30. The van der Waals surface area contributed by atoms with Crippen molar-refractivity contribution in [2.45, 2.75) is 18.9 Å². The van der Waals surface area contributed by atoms with Crippen molar-refractivity contribution in [2.24, 2.45) is 17.6 Å². The number of nitrogen functional groups attached to an aromatic ring is 1. The van der Waals surface area contributed by atoms with E-state index >= 15 is 0 Å². The van der Waals surface area contributed by atoms with Crippen molar-refractivity contribution in [3.8, 4) is 11.5 Å². The number of nitrogens with zero attached hydrogens (tertiary/aromatic N) is 3. The van der Waals surface area contributed by atoms with Gasteiger partial charge in [0, 0.05) is 30.6 Å². The Morgan fingerprint density at radius 3 is 2.46 bits per heavy atom. The van der Waals surface area contributed by atoms with Gasteiger partial charge in [-0.25, -0.2) is 4.98 Å². The van der Waals surface area contributed by atoms with Crippen molar-refractivity contribution >= 4 is 22.7 Å². The average Bonchev–Trinajstić information content (AvgIpc) is 3.35. The Kier molecular flexibility index (Phi) is 3.60. The molecule has 2 atom stereocenters. The quantitative estimate of drug-likeness (QED) is 0.874. The fourth-order valence-electron chi connectivity index (χ4n) is 3.65. The zero-order chi connectivity index (χ0) is 16.8. The van der Waals surface area contributed by atoms with Gasteiger partial charge in [-0.1, -0.05) is 0 Å². The molecule has 4 rings (SSSR count). The molecule has 2 fully saturated rings. The summed E-state index contributed by atoms with van der Waals surface area (Å²) in [5.74, 6) is 3.64. The number of ether oxygens (including phenoxy) is 2. The molecule has 0 unspecified atom stereocenters. The van der Waals surface area contributed by atoms with Crippen molar-refractivity contribution in [1.29, 1.82) is 0 Å². The van der Waals surface area contributed by atoms with E-state index in [1.54, 1.807) is 14.2 Å². The van der Waals surface area contributed by atoms with Crippen molar-refractivity contribution in [3.63, 3.8) is 0 Å². The topological polar surface area (TPSA) is 99.5 Å². The Labute approximate surface area is 140 Å². The summed E-state index contributed by atoms with van der Waals surface area (Å²) in [5.41, 5.74) is 13.2. The van der Waals surface area contributed by atoms with Gasteiger partial charge in [0.25, 0.3) is 0 Å². The molecule has 1 saturated carbocycles. The van der Waals surface area contributed by atoms with Gasteiger partial charge >= 0.3 is 0 Å². The standard InChI is InChI=1S/C17H23N5O2/c1-23-14-5-10-13(6-15(14)24-2)20-17(21-16(10)19)22-7-11(9-3-4-9)12(18)8-22/h5-6,9,11-12H,3-4,7-8,18H2,1-2H3,(H2,19,20,21)/t11-,12-/m1/s1. The number of rotatable bonds is 4. The fourth-order valence-corrected chi connectivity index (χ4v) is 3.65. The monoisotopic (exact) mass is 329 g/mol. The number of anilines is 2. The molecular weight excluding hydrogens is 306 g/mol. The number of hydrogen-bond donors (Lipinski definition) is 2. The van der Waals surface area contributed by atoms with Crippen LogP contribution in [-0.4, -0.2) is 43.3 Å². The molecule has 4 N–H and O–H groups in total. The lowest BCUT2D eigenvalue weighted by Gasteiger charge is -2.18. The molecule has 1 aromatic carbocycles. The van der Waals surface area contributed by atoms with Crippen LogP contribution in [0.2, 0.25) is 0 Å². The van der Waals surface area contributed by atoms with Gasteiger partial charge in [0.05, 0.1) is 19.7 Å². The minimum absolute atomic E-state index is 0.184. The number of benzene rings is 1. The maximum absolute atomic E-state index is 6.32. The molecule has 2 aliphatic rings. The molecule has 1 saturated heterocycles. The van der Waals surface area contributed by atoms with E-state index in [1.807, 2.05) is 12.1 Å². The minimum atomic E-state index is 0.184. The molecule has 128 valence electrons. The number of fused-ring (bicyclic) bond motifs is 1. The second-order valence-corrected chi connectivity index (χ2v) is 6.70. The predicted octanol–water partition coefficient (Wildman–Crippen LogP) is 1.40. The highest BCUT2D eigenvalue weighted by Crippen LogP contribution is 2.42. The molecule has 0 amide bonds. The Balaban J connectivity index is 1.72. The molecule has 0 radical (unpaired) electrons. The second-order valence-electron chi connectivity index (χ2n) is 6.70. The van der Waals surface area contributed by atoms with Gasteiger partial charge in [0.1, 0.15) is 5.82 Å². The average molecular weight is 329 g/mol. The first-order valence-electron chi connectivity index (χ1n) is 8.30. The zero-order valence-corrected chi connectivity index (χ0v) is 14.0. The third kappa shape index (κ3) is 2.49. The van der Waals surface area contributed by atoms with E-state index in [0.717, 1.165) is 29.9 Å². The smallest absolute Gasteiger partial charge is 0.227 e. The summed E-state index contributed by atoms with van der Waals surface area (Å²) in [5, 5.41) is 0.763. The van der Waals surface area contributed by atoms with Gasteiger partial charge in [0.15, 0.2) is 11.5 Å². The first-order valence-corrected chi connectivity index (χ1v) is 8.30. The highest BCUT2D eigenvalue weighted by Gasteiger charge is 2.41. The van der Waals surface area contributed by atoms with E-state index in [0.29, 0.717) is 29.2 Å². The number of hydrogen-bond acceptors (Lipinski definition) is 7. The van der Waals surface area contributed by atoms with Crippen molar-refractivity contribution in [2.75, 3.05) is 37.9 Å². The van der Waals surface area contributed by atoms with Crippen LogP contribution in [0.25, 0.3) is 10.9 Å². The Morgan fingerprint density at radius 1 is 1.08 bits per heavy atom. The van der Waals surface area contributed by atoms with Gasteiger partial charge in [0.2, 0.25) is 5.95 Å². The summed E-state index contributed by atoms with van der Waals surface area (Å²) in [6.07, 6.45) is 2.59. The molecule has 1 aromatic heterocycles. The molecular formula is C17H23N5O2. The normalized spacial score (nSPS) is 23.7. The first-order chi connectivity index (χ1) is 11.6. The second kappa shape index (κ2) is 5.66. The molecule has 2 aromatic rings. The Morgan fingerprint density at radius 2 is 1.79 bits per heavy atom. The molecule has 24 heavy (non-hydrogen) atoms. The summed E-state index contributed by atoms with van der Waals surface area (Å²) in [7, 11) is 3.20. The van der Waals surface area contributed by atoms with Gasteiger partial charge in [-0.05, 0) is 30.7 Å². The molecule has 1 aliphatic heterocycles. The van der Waals surface area contributed by atoms with Gasteiger partial charge in [-0.15, -0.1) is 0 Å². The SMILES string of the molecule is COc1cc2nc(N3C[C@@H](N)[C@@H](C4CC4)C3)nc(N)c2cc1OC. The molecule has 0 bridgehead atoms. The number of nitrogens with two attached hydrogens (primary N) is 2. The summed E-state index contributed by atoms with van der Waals surface area (Å²) in [6.45, 7) is 1.68. The number of methoxy groups -OCH3 is 2. The molecule has 7 heteroatoms. The highest BCUT2D eigenvalue weighted by molar-refractivity contribution is 5.91. The maximum atomic E-state index is 6.32. The summed E-state index contributed by atoms with van der Waals surface area (Å²) >= 11 is 0. The van der Waals surface area contributed by atoms with Crippen LogP contribution in [0.15, 0.2) is 12.1 Å². The summed E-state index contributed by atoms with van der Waals surface area (Å²) in [4.78, 5) is 11.4.